The maximum atomic E-state index is 9.89. The van der Waals surface area contributed by atoms with Crippen molar-refractivity contribution in [3.63, 3.8) is 0 Å². The molecule has 1 atom stereocenters. The van der Waals surface area contributed by atoms with Crippen molar-refractivity contribution in [3.8, 4) is 5.75 Å². The van der Waals surface area contributed by atoms with E-state index in [1.807, 2.05) is 12.1 Å². The van der Waals surface area contributed by atoms with Crippen LogP contribution in [0.15, 0.2) is 24.3 Å². The highest BCUT2D eigenvalue weighted by Crippen LogP contribution is 2.23. The normalized spacial score (nSPS) is 18.2. The van der Waals surface area contributed by atoms with Crippen LogP contribution in [0.25, 0.3) is 0 Å². The Balaban J connectivity index is 1.66. The first kappa shape index (κ1) is 14.6. The minimum atomic E-state index is -0.522. The van der Waals surface area contributed by atoms with Gasteiger partial charge in [-0.25, -0.2) is 0 Å². The first-order valence-corrected chi connectivity index (χ1v) is 7.13. The molecule has 1 aromatic rings. The largest absolute Gasteiger partial charge is 0.489 e. The van der Waals surface area contributed by atoms with Gasteiger partial charge in [0.2, 0.25) is 0 Å². The van der Waals surface area contributed by atoms with Gasteiger partial charge in [-0.3, -0.25) is 0 Å². The van der Waals surface area contributed by atoms with Crippen LogP contribution in [-0.4, -0.2) is 43.5 Å². The second kappa shape index (κ2) is 7.70. The fraction of sp³-hybridized carbons (Fsp3) is 0.571. The van der Waals surface area contributed by atoms with Crippen molar-refractivity contribution >= 4 is 11.6 Å². The molecule has 1 aliphatic heterocycles. The van der Waals surface area contributed by atoms with Gasteiger partial charge < -0.3 is 20.5 Å². The molecule has 0 bridgehead atoms. The SMILES string of the molecule is O[C@@H](CNC1CCNCC1)COc1ccccc1Cl. The zero-order valence-corrected chi connectivity index (χ0v) is 11.7. The van der Waals surface area contributed by atoms with E-state index in [0.717, 1.165) is 25.9 Å². The number of piperidine rings is 1. The monoisotopic (exact) mass is 284 g/mol. The Hall–Kier alpha value is -0.810. The first-order chi connectivity index (χ1) is 9.25. The van der Waals surface area contributed by atoms with Crippen LogP contribution in [0, 0.1) is 0 Å². The quantitative estimate of drug-likeness (QED) is 0.740. The Morgan fingerprint density at radius 1 is 1.37 bits per heavy atom. The van der Waals surface area contributed by atoms with E-state index in [-0.39, 0.29) is 6.61 Å². The molecule has 0 aromatic heterocycles. The first-order valence-electron chi connectivity index (χ1n) is 6.75. The summed E-state index contributed by atoms with van der Waals surface area (Å²) in [6, 6.07) is 7.79. The van der Waals surface area contributed by atoms with Crippen molar-refractivity contribution < 1.29 is 9.84 Å². The summed E-state index contributed by atoms with van der Waals surface area (Å²) in [5.41, 5.74) is 0. The van der Waals surface area contributed by atoms with E-state index in [4.69, 9.17) is 16.3 Å². The van der Waals surface area contributed by atoms with E-state index in [1.54, 1.807) is 12.1 Å². The van der Waals surface area contributed by atoms with Gasteiger partial charge in [0, 0.05) is 12.6 Å². The lowest BCUT2D eigenvalue weighted by Gasteiger charge is -2.25. The van der Waals surface area contributed by atoms with Gasteiger partial charge in [0.05, 0.1) is 5.02 Å². The van der Waals surface area contributed by atoms with Crippen molar-refractivity contribution in [2.24, 2.45) is 0 Å². The van der Waals surface area contributed by atoms with Crippen molar-refractivity contribution in [1.82, 2.24) is 10.6 Å². The van der Waals surface area contributed by atoms with Crippen LogP contribution in [-0.2, 0) is 0 Å². The molecule has 1 heterocycles. The van der Waals surface area contributed by atoms with Crippen LogP contribution < -0.4 is 15.4 Å². The lowest BCUT2D eigenvalue weighted by molar-refractivity contribution is 0.102. The van der Waals surface area contributed by atoms with Crippen molar-refractivity contribution in [1.29, 1.82) is 0 Å². The minimum absolute atomic E-state index is 0.252. The average Bonchev–Trinajstić information content (AvgIpc) is 2.45. The number of aliphatic hydroxyl groups excluding tert-OH is 1. The van der Waals surface area contributed by atoms with Gasteiger partial charge in [0.1, 0.15) is 18.5 Å². The highest BCUT2D eigenvalue weighted by atomic mass is 35.5. The fourth-order valence-electron chi connectivity index (χ4n) is 2.14. The topological polar surface area (TPSA) is 53.5 Å². The highest BCUT2D eigenvalue weighted by molar-refractivity contribution is 6.32. The maximum Gasteiger partial charge on any atom is 0.138 e. The smallest absolute Gasteiger partial charge is 0.138 e. The van der Waals surface area contributed by atoms with Crippen LogP contribution in [0.3, 0.4) is 0 Å². The molecule has 0 aliphatic carbocycles. The summed E-state index contributed by atoms with van der Waals surface area (Å²) in [6.07, 6.45) is 1.70. The van der Waals surface area contributed by atoms with E-state index >= 15 is 0 Å². The Kier molecular flexibility index (Phi) is 5.92. The van der Waals surface area contributed by atoms with Gasteiger partial charge in [-0.2, -0.15) is 0 Å². The van der Waals surface area contributed by atoms with Gasteiger partial charge >= 0.3 is 0 Å². The fourth-order valence-corrected chi connectivity index (χ4v) is 2.33. The van der Waals surface area contributed by atoms with Crippen LogP contribution in [0.1, 0.15) is 12.8 Å². The molecule has 3 N–H and O–H groups in total. The molecule has 19 heavy (non-hydrogen) atoms. The van der Waals surface area contributed by atoms with Gasteiger partial charge in [-0.05, 0) is 38.1 Å². The molecule has 0 amide bonds. The van der Waals surface area contributed by atoms with E-state index in [9.17, 15) is 5.11 Å². The highest BCUT2D eigenvalue weighted by Gasteiger charge is 2.14. The zero-order chi connectivity index (χ0) is 13.5. The Morgan fingerprint density at radius 2 is 2.11 bits per heavy atom. The average molecular weight is 285 g/mol. The lowest BCUT2D eigenvalue weighted by atomic mass is 10.1. The number of hydrogen-bond acceptors (Lipinski definition) is 4. The molecule has 0 radical (unpaired) electrons. The predicted molar refractivity (Wildman–Crippen MR) is 76.8 cm³/mol. The zero-order valence-electron chi connectivity index (χ0n) is 10.9. The summed E-state index contributed by atoms with van der Waals surface area (Å²) in [5, 5.41) is 17.1. The second-order valence-corrected chi connectivity index (χ2v) is 5.23. The van der Waals surface area contributed by atoms with Gasteiger partial charge in [-0.1, -0.05) is 23.7 Å². The molecule has 1 aromatic carbocycles. The lowest BCUT2D eigenvalue weighted by Crippen LogP contribution is -2.43. The van der Waals surface area contributed by atoms with Gasteiger partial charge in [0.25, 0.3) is 0 Å². The Bertz CT molecular complexity index is 383. The standard InChI is InChI=1S/C14H21ClN2O2/c15-13-3-1-2-4-14(13)19-10-12(18)9-17-11-5-7-16-8-6-11/h1-4,11-12,16-18H,5-10H2/t12-/m0/s1. The summed E-state index contributed by atoms with van der Waals surface area (Å²) in [5.74, 6) is 0.616. The second-order valence-electron chi connectivity index (χ2n) is 4.83. The summed E-state index contributed by atoms with van der Waals surface area (Å²) in [6.45, 7) is 2.89. The van der Waals surface area contributed by atoms with E-state index in [1.165, 1.54) is 0 Å². The molecule has 1 fully saturated rings. The number of hydrogen-bond donors (Lipinski definition) is 3. The van der Waals surface area contributed by atoms with Gasteiger partial charge in [0.15, 0.2) is 0 Å². The van der Waals surface area contributed by atoms with Crippen molar-refractivity contribution in [3.05, 3.63) is 29.3 Å². The number of aliphatic hydroxyl groups is 1. The molecule has 2 rings (SSSR count). The molecule has 4 nitrogen and oxygen atoms in total. The van der Waals surface area contributed by atoms with Crippen LogP contribution in [0.5, 0.6) is 5.75 Å². The van der Waals surface area contributed by atoms with Crippen LogP contribution in [0.4, 0.5) is 0 Å². The third kappa shape index (κ3) is 4.99. The third-order valence-corrected chi connectivity index (χ3v) is 3.56. The van der Waals surface area contributed by atoms with Crippen LogP contribution in [0.2, 0.25) is 5.02 Å². The van der Waals surface area contributed by atoms with E-state index in [2.05, 4.69) is 10.6 Å². The summed E-state index contributed by atoms with van der Waals surface area (Å²) < 4.78 is 5.50. The van der Waals surface area contributed by atoms with Crippen molar-refractivity contribution in [2.45, 2.75) is 25.0 Å². The molecule has 0 saturated carbocycles. The molecule has 5 heteroatoms. The molecular formula is C14H21ClN2O2. The number of nitrogens with one attached hydrogen (secondary N) is 2. The number of benzene rings is 1. The summed E-state index contributed by atoms with van der Waals surface area (Å²) in [7, 11) is 0. The number of halogens is 1. The van der Waals surface area contributed by atoms with Crippen molar-refractivity contribution in [2.75, 3.05) is 26.2 Å². The van der Waals surface area contributed by atoms with Gasteiger partial charge in [-0.15, -0.1) is 0 Å². The van der Waals surface area contributed by atoms with E-state index < -0.39 is 6.10 Å². The Morgan fingerprint density at radius 3 is 2.84 bits per heavy atom. The molecule has 1 saturated heterocycles. The number of ether oxygens (including phenoxy) is 1. The molecule has 0 unspecified atom stereocenters. The van der Waals surface area contributed by atoms with E-state index in [0.29, 0.717) is 23.4 Å². The molecule has 0 spiro atoms. The predicted octanol–water partition coefficient (Wildman–Crippen LogP) is 1.42. The third-order valence-electron chi connectivity index (χ3n) is 3.25. The Labute approximate surface area is 119 Å². The summed E-state index contributed by atoms with van der Waals surface area (Å²) in [4.78, 5) is 0. The van der Waals surface area contributed by atoms with Crippen LogP contribution >= 0.6 is 11.6 Å². The maximum absolute atomic E-state index is 9.89. The molecule has 1 aliphatic rings. The minimum Gasteiger partial charge on any atom is -0.489 e. The molecule has 106 valence electrons. The summed E-state index contributed by atoms with van der Waals surface area (Å²) >= 11 is 5.98. The molecular weight excluding hydrogens is 264 g/mol. The number of rotatable bonds is 6. The number of para-hydroxylation sites is 1.